The number of nitrogens with one attached hydrogen (secondary N) is 1. The summed E-state index contributed by atoms with van der Waals surface area (Å²) in [7, 11) is 1.97. The summed E-state index contributed by atoms with van der Waals surface area (Å²) in [6.07, 6.45) is 5.36. The Morgan fingerprint density at radius 1 is 1.44 bits per heavy atom. The molecule has 1 aromatic heterocycles. The molecule has 3 nitrogen and oxygen atoms in total. The molecule has 1 aliphatic rings. The Morgan fingerprint density at radius 2 is 2.22 bits per heavy atom. The van der Waals surface area contributed by atoms with Crippen LogP contribution in [0.1, 0.15) is 29.6 Å². The van der Waals surface area contributed by atoms with E-state index < -0.39 is 0 Å². The number of halogens is 1. The van der Waals surface area contributed by atoms with Crippen molar-refractivity contribution in [3.8, 4) is 0 Å². The molecule has 0 spiro atoms. The third kappa shape index (κ3) is 1.94. The number of fused-ring (bicyclic) bond motifs is 1. The SMILES string of the molecule is Cn1cc(C(=O)NC2CCC2)c2cc(Br)ccc21. The molecule has 1 N–H and O–H groups in total. The van der Waals surface area contributed by atoms with Crippen molar-refractivity contribution in [3.63, 3.8) is 0 Å². The van der Waals surface area contributed by atoms with Gasteiger partial charge in [0.05, 0.1) is 5.56 Å². The lowest BCUT2D eigenvalue weighted by molar-refractivity contribution is 0.0918. The number of carbonyl (C=O) groups excluding carboxylic acids is 1. The van der Waals surface area contributed by atoms with Crippen LogP contribution >= 0.6 is 15.9 Å². The zero-order chi connectivity index (χ0) is 12.7. The average Bonchev–Trinajstić information content (AvgIpc) is 2.61. The summed E-state index contributed by atoms with van der Waals surface area (Å²) in [6.45, 7) is 0. The number of hydrogen-bond donors (Lipinski definition) is 1. The predicted octanol–water partition coefficient (Wildman–Crippen LogP) is 3.22. The summed E-state index contributed by atoms with van der Waals surface area (Å²) in [5, 5.41) is 4.09. The Hall–Kier alpha value is -1.29. The van der Waals surface area contributed by atoms with Crippen molar-refractivity contribution in [1.29, 1.82) is 0 Å². The monoisotopic (exact) mass is 306 g/mol. The van der Waals surface area contributed by atoms with Crippen LogP contribution in [-0.2, 0) is 7.05 Å². The van der Waals surface area contributed by atoms with Gasteiger partial charge in [0.15, 0.2) is 0 Å². The van der Waals surface area contributed by atoms with Gasteiger partial charge in [0.1, 0.15) is 0 Å². The number of amides is 1. The maximum Gasteiger partial charge on any atom is 0.253 e. The number of nitrogens with zero attached hydrogens (tertiary/aromatic N) is 1. The molecule has 1 heterocycles. The fourth-order valence-electron chi connectivity index (χ4n) is 2.36. The quantitative estimate of drug-likeness (QED) is 0.908. The lowest BCUT2D eigenvalue weighted by Gasteiger charge is -2.26. The smallest absolute Gasteiger partial charge is 0.253 e. The zero-order valence-electron chi connectivity index (χ0n) is 10.2. The minimum absolute atomic E-state index is 0.0448. The Kier molecular flexibility index (Phi) is 2.90. The van der Waals surface area contributed by atoms with E-state index in [0.29, 0.717) is 6.04 Å². The first kappa shape index (κ1) is 11.8. The molecule has 1 amide bonds. The molecule has 1 saturated carbocycles. The van der Waals surface area contributed by atoms with Crippen LogP contribution in [0.15, 0.2) is 28.9 Å². The van der Waals surface area contributed by atoms with E-state index in [9.17, 15) is 4.79 Å². The van der Waals surface area contributed by atoms with Crippen LogP contribution in [0, 0.1) is 0 Å². The number of carbonyl (C=O) groups is 1. The Balaban J connectivity index is 1.99. The fourth-order valence-corrected chi connectivity index (χ4v) is 2.72. The number of aryl methyl sites for hydroxylation is 1. The van der Waals surface area contributed by atoms with Crippen molar-refractivity contribution in [2.45, 2.75) is 25.3 Å². The van der Waals surface area contributed by atoms with Crippen molar-refractivity contribution in [2.24, 2.45) is 7.05 Å². The molecule has 0 unspecified atom stereocenters. The molecule has 0 bridgehead atoms. The summed E-state index contributed by atoms with van der Waals surface area (Å²) in [4.78, 5) is 12.2. The standard InChI is InChI=1S/C14H15BrN2O/c1-17-8-12(14(18)16-10-3-2-4-10)11-7-9(15)5-6-13(11)17/h5-8,10H,2-4H2,1H3,(H,16,18). The number of aromatic nitrogens is 1. The normalized spacial score (nSPS) is 15.7. The molecule has 2 aromatic rings. The molecule has 4 heteroatoms. The Labute approximate surface area is 114 Å². The summed E-state index contributed by atoms with van der Waals surface area (Å²) in [6, 6.07) is 6.40. The van der Waals surface area contributed by atoms with Gasteiger partial charge >= 0.3 is 0 Å². The third-order valence-corrected chi connectivity index (χ3v) is 4.13. The van der Waals surface area contributed by atoms with E-state index >= 15 is 0 Å². The minimum atomic E-state index is 0.0448. The highest BCUT2D eigenvalue weighted by Crippen LogP contribution is 2.25. The highest BCUT2D eigenvalue weighted by molar-refractivity contribution is 9.10. The van der Waals surface area contributed by atoms with Crippen molar-refractivity contribution < 1.29 is 4.79 Å². The topological polar surface area (TPSA) is 34.0 Å². The van der Waals surface area contributed by atoms with Crippen molar-refractivity contribution in [2.75, 3.05) is 0 Å². The van der Waals surface area contributed by atoms with Crippen LogP contribution in [0.2, 0.25) is 0 Å². The van der Waals surface area contributed by atoms with Crippen LogP contribution in [0.4, 0.5) is 0 Å². The molecule has 0 aliphatic heterocycles. The molecule has 94 valence electrons. The Morgan fingerprint density at radius 3 is 2.89 bits per heavy atom. The second-order valence-electron chi connectivity index (χ2n) is 4.92. The molecule has 0 radical (unpaired) electrons. The molecular weight excluding hydrogens is 292 g/mol. The van der Waals surface area contributed by atoms with Gasteiger partial charge in [0.2, 0.25) is 0 Å². The van der Waals surface area contributed by atoms with Gasteiger partial charge in [-0.05, 0) is 37.5 Å². The zero-order valence-corrected chi connectivity index (χ0v) is 11.8. The number of benzene rings is 1. The summed E-state index contributed by atoms with van der Waals surface area (Å²) >= 11 is 3.46. The fraction of sp³-hybridized carbons (Fsp3) is 0.357. The van der Waals surface area contributed by atoms with E-state index in [1.165, 1.54) is 6.42 Å². The van der Waals surface area contributed by atoms with E-state index in [-0.39, 0.29) is 5.91 Å². The van der Waals surface area contributed by atoms with E-state index in [1.807, 2.05) is 36.0 Å². The third-order valence-electron chi connectivity index (χ3n) is 3.64. The highest BCUT2D eigenvalue weighted by atomic mass is 79.9. The van der Waals surface area contributed by atoms with Gasteiger partial charge in [-0.2, -0.15) is 0 Å². The van der Waals surface area contributed by atoms with E-state index in [1.54, 1.807) is 0 Å². The molecular formula is C14H15BrN2O. The predicted molar refractivity (Wildman–Crippen MR) is 75.7 cm³/mol. The van der Waals surface area contributed by atoms with Crippen LogP contribution in [0.5, 0.6) is 0 Å². The first-order valence-electron chi connectivity index (χ1n) is 6.20. The molecule has 1 aliphatic carbocycles. The average molecular weight is 307 g/mol. The van der Waals surface area contributed by atoms with E-state index in [0.717, 1.165) is 33.8 Å². The molecule has 0 atom stereocenters. The lowest BCUT2D eigenvalue weighted by Crippen LogP contribution is -2.39. The summed E-state index contributed by atoms with van der Waals surface area (Å²) < 4.78 is 3.00. The van der Waals surface area contributed by atoms with Crippen molar-refractivity contribution in [1.82, 2.24) is 9.88 Å². The molecule has 1 aromatic carbocycles. The van der Waals surface area contributed by atoms with E-state index in [4.69, 9.17) is 0 Å². The first-order chi connectivity index (χ1) is 8.65. The molecule has 3 rings (SSSR count). The largest absolute Gasteiger partial charge is 0.350 e. The second-order valence-corrected chi connectivity index (χ2v) is 5.83. The summed E-state index contributed by atoms with van der Waals surface area (Å²) in [5.74, 6) is 0.0448. The van der Waals surface area contributed by atoms with Gasteiger partial charge in [-0.1, -0.05) is 15.9 Å². The van der Waals surface area contributed by atoms with Crippen LogP contribution < -0.4 is 5.32 Å². The molecule has 0 saturated heterocycles. The van der Waals surface area contributed by atoms with Gasteiger partial charge in [-0.25, -0.2) is 0 Å². The van der Waals surface area contributed by atoms with Gasteiger partial charge in [-0.15, -0.1) is 0 Å². The number of rotatable bonds is 2. The maximum atomic E-state index is 12.2. The maximum absolute atomic E-state index is 12.2. The van der Waals surface area contributed by atoms with Gasteiger partial charge in [0, 0.05) is 34.7 Å². The van der Waals surface area contributed by atoms with Crippen molar-refractivity contribution >= 4 is 32.7 Å². The van der Waals surface area contributed by atoms with Gasteiger partial charge in [-0.3, -0.25) is 4.79 Å². The van der Waals surface area contributed by atoms with Gasteiger partial charge < -0.3 is 9.88 Å². The molecule has 1 fully saturated rings. The van der Waals surface area contributed by atoms with Crippen molar-refractivity contribution in [3.05, 3.63) is 34.4 Å². The van der Waals surface area contributed by atoms with E-state index in [2.05, 4.69) is 21.2 Å². The van der Waals surface area contributed by atoms with Crippen LogP contribution in [-0.4, -0.2) is 16.5 Å². The van der Waals surface area contributed by atoms with Crippen LogP contribution in [0.25, 0.3) is 10.9 Å². The lowest BCUT2D eigenvalue weighted by atomic mass is 9.93. The highest BCUT2D eigenvalue weighted by Gasteiger charge is 2.22. The Bertz CT molecular complexity index is 614. The second kappa shape index (κ2) is 4.43. The molecule has 18 heavy (non-hydrogen) atoms. The minimum Gasteiger partial charge on any atom is -0.350 e. The summed E-state index contributed by atoms with van der Waals surface area (Å²) in [5.41, 5.74) is 1.85. The van der Waals surface area contributed by atoms with Gasteiger partial charge in [0.25, 0.3) is 5.91 Å². The first-order valence-corrected chi connectivity index (χ1v) is 7.00. The number of hydrogen-bond acceptors (Lipinski definition) is 1. The van der Waals surface area contributed by atoms with Crippen LogP contribution in [0.3, 0.4) is 0 Å².